The number of aliphatic carboxylic acids is 1. The summed E-state index contributed by atoms with van der Waals surface area (Å²) >= 11 is 3.27. The van der Waals surface area contributed by atoms with Crippen LogP contribution in [0.2, 0.25) is 0 Å². The third kappa shape index (κ3) is 3.53. The summed E-state index contributed by atoms with van der Waals surface area (Å²) in [6.07, 6.45) is 0.410. The number of rotatable bonds is 4. The first-order chi connectivity index (χ1) is 7.00. The van der Waals surface area contributed by atoms with Crippen LogP contribution in [0.15, 0.2) is 22.7 Å². The van der Waals surface area contributed by atoms with Crippen molar-refractivity contribution in [2.75, 3.05) is 0 Å². The zero-order chi connectivity index (χ0) is 11.4. The lowest BCUT2D eigenvalue weighted by Gasteiger charge is -2.12. The van der Waals surface area contributed by atoms with Gasteiger partial charge in [0, 0.05) is 16.9 Å². The number of benzene rings is 1. The number of hydrogen-bond donors (Lipinski definition) is 3. The van der Waals surface area contributed by atoms with Crippen molar-refractivity contribution < 1.29 is 15.0 Å². The van der Waals surface area contributed by atoms with Gasteiger partial charge in [0.25, 0.3) is 0 Å². The van der Waals surface area contributed by atoms with Crippen molar-refractivity contribution in [2.45, 2.75) is 18.9 Å². The summed E-state index contributed by atoms with van der Waals surface area (Å²) in [6.45, 7) is 0. The third-order valence-electron chi connectivity index (χ3n) is 2.05. The van der Waals surface area contributed by atoms with E-state index in [2.05, 4.69) is 15.9 Å². The second-order valence-corrected chi connectivity index (χ2v) is 4.10. The van der Waals surface area contributed by atoms with E-state index in [0.29, 0.717) is 10.9 Å². The molecule has 0 bridgehead atoms. The van der Waals surface area contributed by atoms with Crippen LogP contribution in [-0.4, -0.2) is 16.2 Å². The number of carboxylic acids is 1. The van der Waals surface area contributed by atoms with E-state index in [9.17, 15) is 9.90 Å². The molecular formula is C10H12BrNO3. The lowest BCUT2D eigenvalue weighted by atomic mass is 10.0. The van der Waals surface area contributed by atoms with Crippen LogP contribution in [0.25, 0.3) is 0 Å². The second kappa shape index (κ2) is 5.14. The van der Waals surface area contributed by atoms with Crippen LogP contribution >= 0.6 is 15.9 Å². The molecule has 0 heterocycles. The standard InChI is InChI=1S/C10H12BrNO3/c11-8-5-6(13)1-2-7(8)9(12)3-4-10(14)15/h1-2,5,9,13H,3-4,12H2,(H,14,15). The van der Waals surface area contributed by atoms with Crippen molar-refractivity contribution in [2.24, 2.45) is 5.73 Å². The molecular weight excluding hydrogens is 262 g/mol. The molecule has 0 fully saturated rings. The molecule has 0 spiro atoms. The molecule has 1 aromatic rings. The van der Waals surface area contributed by atoms with Crippen LogP contribution < -0.4 is 5.73 Å². The summed E-state index contributed by atoms with van der Waals surface area (Å²) < 4.78 is 0.695. The van der Waals surface area contributed by atoms with Gasteiger partial charge >= 0.3 is 5.97 Å². The molecule has 0 radical (unpaired) electrons. The highest BCUT2D eigenvalue weighted by Gasteiger charge is 2.11. The maximum absolute atomic E-state index is 10.4. The van der Waals surface area contributed by atoms with E-state index in [0.717, 1.165) is 5.56 Å². The Balaban J connectivity index is 2.73. The van der Waals surface area contributed by atoms with Gasteiger partial charge in [-0.2, -0.15) is 0 Å². The molecule has 1 unspecified atom stereocenters. The molecule has 4 N–H and O–H groups in total. The monoisotopic (exact) mass is 273 g/mol. The molecule has 1 aromatic carbocycles. The van der Waals surface area contributed by atoms with Crippen molar-refractivity contribution in [3.63, 3.8) is 0 Å². The van der Waals surface area contributed by atoms with Crippen molar-refractivity contribution in [1.82, 2.24) is 0 Å². The minimum Gasteiger partial charge on any atom is -0.508 e. The lowest BCUT2D eigenvalue weighted by Crippen LogP contribution is -2.12. The fourth-order valence-corrected chi connectivity index (χ4v) is 1.91. The Bertz CT molecular complexity index is 368. The van der Waals surface area contributed by atoms with Crippen molar-refractivity contribution in [3.05, 3.63) is 28.2 Å². The molecule has 0 amide bonds. The van der Waals surface area contributed by atoms with Gasteiger partial charge in [-0.25, -0.2) is 0 Å². The zero-order valence-corrected chi connectivity index (χ0v) is 9.57. The predicted molar refractivity (Wildman–Crippen MR) is 59.6 cm³/mol. The number of carboxylic acid groups (broad SMARTS) is 1. The first kappa shape index (κ1) is 12.0. The minimum absolute atomic E-state index is 0.0362. The molecule has 5 heteroatoms. The van der Waals surface area contributed by atoms with Gasteiger partial charge in [0.05, 0.1) is 0 Å². The highest BCUT2D eigenvalue weighted by atomic mass is 79.9. The quantitative estimate of drug-likeness (QED) is 0.784. The van der Waals surface area contributed by atoms with E-state index in [1.807, 2.05) is 0 Å². The number of carbonyl (C=O) groups is 1. The Morgan fingerprint density at radius 2 is 2.20 bits per heavy atom. The Kier molecular flexibility index (Phi) is 4.11. The van der Waals surface area contributed by atoms with E-state index in [4.69, 9.17) is 10.8 Å². The van der Waals surface area contributed by atoms with Crippen molar-refractivity contribution in [1.29, 1.82) is 0 Å². The van der Waals surface area contributed by atoms with E-state index >= 15 is 0 Å². The van der Waals surface area contributed by atoms with Crippen molar-refractivity contribution in [3.8, 4) is 5.75 Å². The highest BCUT2D eigenvalue weighted by Crippen LogP contribution is 2.28. The SMILES string of the molecule is NC(CCC(=O)O)c1ccc(O)cc1Br. The molecule has 0 aliphatic rings. The van der Waals surface area contributed by atoms with E-state index < -0.39 is 5.97 Å². The van der Waals surface area contributed by atoms with Crippen LogP contribution in [-0.2, 0) is 4.79 Å². The summed E-state index contributed by atoms with van der Waals surface area (Å²) in [6, 6.07) is 4.42. The molecule has 4 nitrogen and oxygen atoms in total. The second-order valence-electron chi connectivity index (χ2n) is 3.24. The molecule has 0 saturated heterocycles. The van der Waals surface area contributed by atoms with E-state index in [1.165, 1.54) is 12.1 Å². The van der Waals surface area contributed by atoms with Crippen LogP contribution in [0.3, 0.4) is 0 Å². The number of phenolic OH excluding ortho intramolecular Hbond substituents is 1. The van der Waals surface area contributed by atoms with Crippen LogP contribution in [0.5, 0.6) is 5.75 Å². The lowest BCUT2D eigenvalue weighted by molar-refractivity contribution is -0.137. The van der Waals surface area contributed by atoms with Crippen LogP contribution in [0.4, 0.5) is 0 Å². The smallest absolute Gasteiger partial charge is 0.303 e. The summed E-state index contributed by atoms with van der Waals surface area (Å²) in [5.74, 6) is -0.712. The molecule has 82 valence electrons. The number of nitrogens with two attached hydrogens (primary N) is 1. The van der Waals surface area contributed by atoms with Gasteiger partial charge in [0.2, 0.25) is 0 Å². The summed E-state index contributed by atoms with van der Waals surface area (Å²) in [7, 11) is 0. The highest BCUT2D eigenvalue weighted by molar-refractivity contribution is 9.10. The zero-order valence-electron chi connectivity index (χ0n) is 7.98. The number of halogens is 1. The number of phenols is 1. The van der Waals surface area contributed by atoms with Gasteiger partial charge in [-0.3, -0.25) is 4.79 Å². The predicted octanol–water partition coefficient (Wildman–Crippen LogP) is 2.02. The Morgan fingerprint density at radius 1 is 1.53 bits per heavy atom. The molecule has 0 aromatic heterocycles. The molecule has 0 aliphatic heterocycles. The average Bonchev–Trinajstić information content (AvgIpc) is 2.14. The topological polar surface area (TPSA) is 83.6 Å². The fraction of sp³-hybridized carbons (Fsp3) is 0.300. The Labute approximate surface area is 95.8 Å². The normalized spacial score (nSPS) is 12.4. The average molecular weight is 274 g/mol. The molecule has 15 heavy (non-hydrogen) atoms. The van der Waals surface area contributed by atoms with Gasteiger partial charge in [-0.1, -0.05) is 22.0 Å². The number of hydrogen-bond acceptors (Lipinski definition) is 3. The van der Waals surface area contributed by atoms with Gasteiger partial charge in [-0.05, 0) is 24.1 Å². The van der Waals surface area contributed by atoms with Gasteiger partial charge in [-0.15, -0.1) is 0 Å². The summed E-state index contributed by atoms with van der Waals surface area (Å²) in [5, 5.41) is 17.7. The fourth-order valence-electron chi connectivity index (χ4n) is 1.25. The Morgan fingerprint density at radius 3 is 2.73 bits per heavy atom. The largest absolute Gasteiger partial charge is 0.508 e. The summed E-state index contributed by atoms with van der Waals surface area (Å²) in [4.78, 5) is 10.4. The minimum atomic E-state index is -0.861. The van der Waals surface area contributed by atoms with Gasteiger partial charge < -0.3 is 15.9 Å². The maximum atomic E-state index is 10.4. The summed E-state index contributed by atoms with van der Waals surface area (Å²) in [5.41, 5.74) is 6.62. The first-order valence-corrected chi connectivity index (χ1v) is 5.26. The maximum Gasteiger partial charge on any atom is 0.303 e. The molecule has 1 rings (SSSR count). The van der Waals surface area contributed by atoms with E-state index in [-0.39, 0.29) is 18.2 Å². The van der Waals surface area contributed by atoms with Crippen LogP contribution in [0, 0.1) is 0 Å². The first-order valence-electron chi connectivity index (χ1n) is 4.46. The van der Waals surface area contributed by atoms with Crippen LogP contribution in [0.1, 0.15) is 24.4 Å². The Hall–Kier alpha value is -1.07. The van der Waals surface area contributed by atoms with Gasteiger partial charge in [0.1, 0.15) is 5.75 Å². The molecule has 0 saturated carbocycles. The van der Waals surface area contributed by atoms with Crippen molar-refractivity contribution >= 4 is 21.9 Å². The molecule has 1 atom stereocenters. The van der Waals surface area contributed by atoms with E-state index in [1.54, 1.807) is 6.07 Å². The third-order valence-corrected chi connectivity index (χ3v) is 2.74. The number of aromatic hydroxyl groups is 1. The van der Waals surface area contributed by atoms with Gasteiger partial charge in [0.15, 0.2) is 0 Å². The molecule has 0 aliphatic carbocycles.